The maximum atomic E-state index is 12.9. The lowest BCUT2D eigenvalue weighted by Crippen LogP contribution is -2.13. The van der Waals surface area contributed by atoms with Gasteiger partial charge in [-0.3, -0.25) is 0 Å². The van der Waals surface area contributed by atoms with E-state index in [2.05, 4.69) is 6.07 Å². The van der Waals surface area contributed by atoms with E-state index in [4.69, 9.17) is 11.0 Å². The van der Waals surface area contributed by atoms with Crippen LogP contribution >= 0.6 is 0 Å². The number of nitrogens with zero attached hydrogens (tertiary/aromatic N) is 2. The van der Waals surface area contributed by atoms with E-state index in [0.29, 0.717) is 11.4 Å². The van der Waals surface area contributed by atoms with Crippen molar-refractivity contribution in [1.29, 1.82) is 5.26 Å². The van der Waals surface area contributed by atoms with Crippen LogP contribution in [0.25, 0.3) is 0 Å². The van der Waals surface area contributed by atoms with Crippen molar-refractivity contribution in [3.05, 3.63) is 52.5 Å². The Morgan fingerprint density at radius 1 is 1.30 bits per heavy atom. The van der Waals surface area contributed by atoms with Crippen molar-refractivity contribution in [2.24, 2.45) is 0 Å². The minimum absolute atomic E-state index is 0.112. The molecular formula is C16H18FN3. The van der Waals surface area contributed by atoms with Crippen LogP contribution in [0.3, 0.4) is 0 Å². The molecule has 1 heterocycles. The third kappa shape index (κ3) is 2.39. The smallest absolute Gasteiger partial charge is 0.123 e. The number of aromatic nitrogens is 1. The molecule has 0 spiro atoms. The third-order valence-corrected chi connectivity index (χ3v) is 3.79. The average molecular weight is 271 g/mol. The molecule has 1 atom stereocenters. The van der Waals surface area contributed by atoms with Gasteiger partial charge < -0.3 is 10.3 Å². The maximum absolute atomic E-state index is 12.9. The van der Waals surface area contributed by atoms with Crippen LogP contribution in [-0.4, -0.2) is 4.57 Å². The molecule has 1 aromatic heterocycles. The van der Waals surface area contributed by atoms with E-state index in [1.165, 1.54) is 12.1 Å². The summed E-state index contributed by atoms with van der Waals surface area (Å²) >= 11 is 0. The van der Waals surface area contributed by atoms with Crippen LogP contribution in [0.1, 0.15) is 35.3 Å². The molecule has 0 aliphatic rings. The second kappa shape index (κ2) is 5.38. The van der Waals surface area contributed by atoms with E-state index in [9.17, 15) is 4.39 Å². The molecule has 3 nitrogen and oxygen atoms in total. The Bertz CT molecular complexity index is 663. The summed E-state index contributed by atoms with van der Waals surface area (Å²) in [5.41, 5.74) is 9.60. The molecule has 0 radical (unpaired) electrons. The average Bonchev–Trinajstić information content (AvgIpc) is 2.63. The van der Waals surface area contributed by atoms with Crippen molar-refractivity contribution in [1.82, 2.24) is 4.57 Å². The van der Waals surface area contributed by atoms with Crippen LogP contribution in [0.2, 0.25) is 0 Å². The first-order valence-electron chi connectivity index (χ1n) is 6.57. The fraction of sp³-hybridized carbons (Fsp3) is 0.312. The fourth-order valence-electron chi connectivity index (χ4n) is 2.62. The van der Waals surface area contributed by atoms with Crippen molar-refractivity contribution >= 4 is 5.82 Å². The molecule has 0 saturated carbocycles. The summed E-state index contributed by atoms with van der Waals surface area (Å²) in [5.74, 6) is 0.276. The van der Waals surface area contributed by atoms with Gasteiger partial charge in [-0.2, -0.15) is 5.26 Å². The zero-order chi connectivity index (χ0) is 14.9. The summed E-state index contributed by atoms with van der Waals surface area (Å²) in [6, 6.07) is 8.74. The Morgan fingerprint density at radius 3 is 2.40 bits per heavy atom. The SMILES string of the molecule is Cc1c(C#N)c(N)n(C(C)Cc2ccc(F)cc2)c1C. The number of anilines is 1. The summed E-state index contributed by atoms with van der Waals surface area (Å²) < 4.78 is 14.9. The highest BCUT2D eigenvalue weighted by molar-refractivity contribution is 5.58. The van der Waals surface area contributed by atoms with Crippen molar-refractivity contribution in [2.75, 3.05) is 5.73 Å². The molecule has 4 heteroatoms. The largest absolute Gasteiger partial charge is 0.384 e. The number of hydrogen-bond acceptors (Lipinski definition) is 2. The molecule has 1 unspecified atom stereocenters. The zero-order valence-corrected chi connectivity index (χ0v) is 11.9. The predicted octanol–water partition coefficient (Wildman–Crippen LogP) is 3.50. The van der Waals surface area contributed by atoms with Crippen LogP contribution in [0, 0.1) is 31.0 Å². The number of rotatable bonds is 3. The van der Waals surface area contributed by atoms with Crippen LogP contribution in [0.5, 0.6) is 0 Å². The Balaban J connectivity index is 2.32. The number of halogens is 1. The molecule has 1 aromatic carbocycles. The Morgan fingerprint density at radius 2 is 1.90 bits per heavy atom. The van der Waals surface area contributed by atoms with Gasteiger partial charge in [-0.25, -0.2) is 4.39 Å². The van der Waals surface area contributed by atoms with Gasteiger partial charge in [0.25, 0.3) is 0 Å². The van der Waals surface area contributed by atoms with Crippen LogP contribution in [0.4, 0.5) is 10.2 Å². The summed E-state index contributed by atoms with van der Waals surface area (Å²) in [5, 5.41) is 9.15. The zero-order valence-electron chi connectivity index (χ0n) is 11.9. The highest BCUT2D eigenvalue weighted by Gasteiger charge is 2.19. The molecule has 2 aromatic rings. The molecule has 104 valence electrons. The molecule has 2 N–H and O–H groups in total. The van der Waals surface area contributed by atoms with Gasteiger partial charge in [-0.15, -0.1) is 0 Å². The molecule has 0 saturated heterocycles. The van der Waals surface area contributed by atoms with Gasteiger partial charge in [0.05, 0.1) is 5.56 Å². The maximum Gasteiger partial charge on any atom is 0.123 e. The van der Waals surface area contributed by atoms with Crippen LogP contribution in [0.15, 0.2) is 24.3 Å². The number of nitriles is 1. The van der Waals surface area contributed by atoms with Gasteiger partial charge in [0, 0.05) is 11.7 Å². The van der Waals surface area contributed by atoms with E-state index in [1.54, 1.807) is 12.1 Å². The Labute approximate surface area is 118 Å². The molecular weight excluding hydrogens is 253 g/mol. The summed E-state index contributed by atoms with van der Waals surface area (Å²) in [7, 11) is 0. The molecule has 0 aliphatic carbocycles. The van der Waals surface area contributed by atoms with E-state index in [1.807, 2.05) is 25.3 Å². The standard InChI is InChI=1S/C16H18FN3/c1-10(8-13-4-6-14(17)7-5-13)20-12(3)11(2)15(9-18)16(20)19/h4-7,10H,8,19H2,1-3H3. The monoisotopic (exact) mass is 271 g/mol. The lowest BCUT2D eigenvalue weighted by molar-refractivity contribution is 0.540. The molecule has 0 bridgehead atoms. The van der Waals surface area contributed by atoms with Gasteiger partial charge >= 0.3 is 0 Å². The summed E-state index contributed by atoms with van der Waals surface area (Å²) in [6.45, 7) is 5.92. The van der Waals surface area contributed by atoms with Crippen molar-refractivity contribution in [3.8, 4) is 6.07 Å². The lowest BCUT2D eigenvalue weighted by atomic mass is 10.1. The normalized spacial score (nSPS) is 12.2. The Kier molecular flexibility index (Phi) is 3.80. The first-order valence-corrected chi connectivity index (χ1v) is 6.57. The molecule has 2 rings (SSSR count). The predicted molar refractivity (Wildman–Crippen MR) is 77.8 cm³/mol. The molecule has 0 amide bonds. The summed E-state index contributed by atoms with van der Waals surface area (Å²) in [6.07, 6.45) is 0.740. The Hall–Kier alpha value is -2.28. The summed E-state index contributed by atoms with van der Waals surface area (Å²) in [4.78, 5) is 0. The van der Waals surface area contributed by atoms with Gasteiger partial charge in [0.2, 0.25) is 0 Å². The van der Waals surface area contributed by atoms with Gasteiger partial charge in [-0.1, -0.05) is 12.1 Å². The van der Waals surface area contributed by atoms with Crippen LogP contribution < -0.4 is 5.73 Å². The third-order valence-electron chi connectivity index (χ3n) is 3.79. The fourth-order valence-corrected chi connectivity index (χ4v) is 2.62. The topological polar surface area (TPSA) is 54.7 Å². The van der Waals surface area contributed by atoms with Gasteiger partial charge in [0.15, 0.2) is 0 Å². The van der Waals surface area contributed by atoms with Gasteiger partial charge in [-0.05, 0) is 50.5 Å². The number of nitrogen functional groups attached to an aromatic ring is 1. The first-order chi connectivity index (χ1) is 9.45. The van der Waals surface area contributed by atoms with Crippen molar-refractivity contribution in [2.45, 2.75) is 33.2 Å². The van der Waals surface area contributed by atoms with Gasteiger partial charge in [0.1, 0.15) is 17.7 Å². The highest BCUT2D eigenvalue weighted by Crippen LogP contribution is 2.28. The quantitative estimate of drug-likeness (QED) is 0.928. The van der Waals surface area contributed by atoms with Crippen molar-refractivity contribution in [3.63, 3.8) is 0 Å². The van der Waals surface area contributed by atoms with Crippen molar-refractivity contribution < 1.29 is 4.39 Å². The van der Waals surface area contributed by atoms with E-state index >= 15 is 0 Å². The minimum atomic E-state index is -0.235. The number of benzene rings is 1. The lowest BCUT2D eigenvalue weighted by Gasteiger charge is -2.18. The molecule has 0 aliphatic heterocycles. The first kappa shape index (κ1) is 14.1. The van der Waals surface area contributed by atoms with Crippen LogP contribution in [-0.2, 0) is 6.42 Å². The van der Waals surface area contributed by atoms with E-state index < -0.39 is 0 Å². The second-order valence-electron chi connectivity index (χ2n) is 5.13. The molecule has 0 fully saturated rings. The second-order valence-corrected chi connectivity index (χ2v) is 5.13. The number of nitrogens with two attached hydrogens (primary N) is 1. The van der Waals surface area contributed by atoms with E-state index in [0.717, 1.165) is 23.2 Å². The minimum Gasteiger partial charge on any atom is -0.384 e. The molecule has 20 heavy (non-hydrogen) atoms. The van der Waals surface area contributed by atoms with E-state index in [-0.39, 0.29) is 11.9 Å². The number of hydrogen-bond donors (Lipinski definition) is 1. The highest BCUT2D eigenvalue weighted by atomic mass is 19.1.